The van der Waals surface area contributed by atoms with Gasteiger partial charge in [-0.3, -0.25) is 0 Å². The number of carboxylic acids is 1. The number of ether oxygens (including phenoxy) is 1. The largest absolute Gasteiger partial charge is 0.476 e. The number of hydrogen-bond acceptors (Lipinski definition) is 4. The third-order valence-electron chi connectivity index (χ3n) is 3.95. The van der Waals surface area contributed by atoms with Crippen LogP contribution in [-0.4, -0.2) is 35.3 Å². The van der Waals surface area contributed by atoms with Gasteiger partial charge in [0.15, 0.2) is 5.69 Å². The van der Waals surface area contributed by atoms with E-state index in [9.17, 15) is 9.90 Å². The van der Waals surface area contributed by atoms with Gasteiger partial charge in [0, 0.05) is 19.3 Å². The van der Waals surface area contributed by atoms with Gasteiger partial charge in [-0.1, -0.05) is 0 Å². The average Bonchev–Trinajstić information content (AvgIpc) is 3.16. The summed E-state index contributed by atoms with van der Waals surface area (Å²) in [5.41, 5.74) is 1.91. The highest BCUT2D eigenvalue weighted by molar-refractivity contribution is 5.92. The SMILES string of the molecule is CO[C@H]1C[C@H](Nc2cc(C3CC3)cnc2C(=O)O)C1. The van der Waals surface area contributed by atoms with Gasteiger partial charge in [-0.05, 0) is 43.2 Å². The monoisotopic (exact) mass is 262 g/mol. The van der Waals surface area contributed by atoms with E-state index in [-0.39, 0.29) is 5.69 Å². The van der Waals surface area contributed by atoms with Crippen LogP contribution >= 0.6 is 0 Å². The first kappa shape index (κ1) is 12.4. The van der Waals surface area contributed by atoms with Crippen LogP contribution in [0.15, 0.2) is 12.3 Å². The van der Waals surface area contributed by atoms with Gasteiger partial charge in [0.05, 0.1) is 11.8 Å². The lowest BCUT2D eigenvalue weighted by atomic mass is 9.89. The smallest absolute Gasteiger partial charge is 0.356 e. The molecule has 0 saturated heterocycles. The first-order valence-electron chi connectivity index (χ1n) is 6.70. The standard InChI is InChI=1S/C14H18N2O3/c1-19-11-5-10(6-11)16-12-4-9(8-2-3-8)7-15-13(12)14(17)18/h4,7-8,10-11,16H,2-3,5-6H2,1H3,(H,17,18)/t10-,11-. The highest BCUT2D eigenvalue weighted by atomic mass is 16.5. The van der Waals surface area contributed by atoms with Gasteiger partial charge < -0.3 is 15.2 Å². The first-order valence-corrected chi connectivity index (χ1v) is 6.70. The second-order valence-electron chi connectivity index (χ2n) is 5.41. The summed E-state index contributed by atoms with van der Waals surface area (Å²) >= 11 is 0. The molecule has 2 aliphatic carbocycles. The number of methoxy groups -OCH3 is 1. The zero-order valence-electron chi connectivity index (χ0n) is 10.9. The summed E-state index contributed by atoms with van der Waals surface area (Å²) in [7, 11) is 1.71. The fraction of sp³-hybridized carbons (Fsp3) is 0.571. The fourth-order valence-electron chi connectivity index (χ4n) is 2.50. The minimum absolute atomic E-state index is 0.116. The van der Waals surface area contributed by atoms with Crippen molar-refractivity contribution in [2.45, 2.75) is 43.7 Å². The van der Waals surface area contributed by atoms with Crippen molar-refractivity contribution in [2.75, 3.05) is 12.4 Å². The lowest BCUT2D eigenvalue weighted by Crippen LogP contribution is -2.40. The van der Waals surface area contributed by atoms with Gasteiger partial charge in [-0.15, -0.1) is 0 Å². The fourth-order valence-corrected chi connectivity index (χ4v) is 2.50. The van der Waals surface area contributed by atoms with Gasteiger partial charge >= 0.3 is 5.97 Å². The molecule has 2 fully saturated rings. The van der Waals surface area contributed by atoms with Crippen molar-refractivity contribution in [2.24, 2.45) is 0 Å². The van der Waals surface area contributed by atoms with E-state index in [0.717, 1.165) is 18.4 Å². The van der Waals surface area contributed by atoms with Crippen molar-refractivity contribution in [3.63, 3.8) is 0 Å². The van der Waals surface area contributed by atoms with Gasteiger partial charge in [-0.2, -0.15) is 0 Å². The highest BCUT2D eigenvalue weighted by Crippen LogP contribution is 2.41. The molecular weight excluding hydrogens is 244 g/mol. The number of hydrogen-bond donors (Lipinski definition) is 2. The van der Waals surface area contributed by atoms with Crippen LogP contribution in [0, 0.1) is 0 Å². The summed E-state index contributed by atoms with van der Waals surface area (Å²) in [5.74, 6) is -0.406. The number of rotatable bonds is 5. The number of nitrogens with zero attached hydrogens (tertiary/aromatic N) is 1. The molecule has 0 unspecified atom stereocenters. The zero-order chi connectivity index (χ0) is 13.4. The minimum Gasteiger partial charge on any atom is -0.476 e. The lowest BCUT2D eigenvalue weighted by molar-refractivity contribution is 0.0328. The molecule has 0 bridgehead atoms. The summed E-state index contributed by atoms with van der Waals surface area (Å²) in [6.07, 6.45) is 6.20. The number of carbonyl (C=O) groups is 1. The Kier molecular flexibility index (Phi) is 3.14. The number of aromatic carboxylic acids is 1. The van der Waals surface area contributed by atoms with E-state index in [2.05, 4.69) is 10.3 Å². The molecule has 5 nitrogen and oxygen atoms in total. The van der Waals surface area contributed by atoms with Crippen LogP contribution < -0.4 is 5.32 Å². The Morgan fingerprint density at radius 2 is 2.21 bits per heavy atom. The number of anilines is 1. The van der Waals surface area contributed by atoms with E-state index in [0.29, 0.717) is 23.8 Å². The van der Waals surface area contributed by atoms with Crippen LogP contribution in [-0.2, 0) is 4.74 Å². The molecule has 5 heteroatoms. The summed E-state index contributed by atoms with van der Waals surface area (Å²) in [6, 6.07) is 2.24. The molecule has 1 aromatic rings. The van der Waals surface area contributed by atoms with Crippen molar-refractivity contribution in [1.29, 1.82) is 0 Å². The van der Waals surface area contributed by atoms with Crippen LogP contribution in [0.5, 0.6) is 0 Å². The number of carboxylic acid groups (broad SMARTS) is 1. The van der Waals surface area contributed by atoms with E-state index in [1.165, 1.54) is 12.8 Å². The van der Waals surface area contributed by atoms with Crippen LogP contribution in [0.3, 0.4) is 0 Å². The first-order chi connectivity index (χ1) is 9.17. The Hall–Kier alpha value is -1.62. The molecule has 19 heavy (non-hydrogen) atoms. The van der Waals surface area contributed by atoms with Crippen LogP contribution in [0.4, 0.5) is 5.69 Å². The van der Waals surface area contributed by atoms with Crippen LogP contribution in [0.2, 0.25) is 0 Å². The second-order valence-corrected chi connectivity index (χ2v) is 5.41. The van der Waals surface area contributed by atoms with Crippen molar-refractivity contribution in [1.82, 2.24) is 4.98 Å². The maximum absolute atomic E-state index is 11.2. The molecule has 0 spiro atoms. The Bertz CT molecular complexity index is 493. The number of aromatic nitrogens is 1. The Labute approximate surface area is 112 Å². The zero-order valence-corrected chi connectivity index (χ0v) is 10.9. The average molecular weight is 262 g/mol. The maximum Gasteiger partial charge on any atom is 0.356 e. The van der Waals surface area contributed by atoms with Crippen molar-refractivity contribution >= 4 is 11.7 Å². The van der Waals surface area contributed by atoms with Crippen molar-refractivity contribution < 1.29 is 14.6 Å². The molecule has 1 aromatic heterocycles. The van der Waals surface area contributed by atoms with Crippen LogP contribution in [0.1, 0.15) is 47.7 Å². The van der Waals surface area contributed by atoms with E-state index in [4.69, 9.17) is 4.74 Å². The quantitative estimate of drug-likeness (QED) is 0.851. The topological polar surface area (TPSA) is 71.5 Å². The van der Waals surface area contributed by atoms with E-state index < -0.39 is 5.97 Å². The van der Waals surface area contributed by atoms with Crippen molar-refractivity contribution in [3.8, 4) is 0 Å². The van der Waals surface area contributed by atoms with E-state index in [1.54, 1.807) is 13.3 Å². The lowest BCUT2D eigenvalue weighted by Gasteiger charge is -2.35. The van der Waals surface area contributed by atoms with Gasteiger partial charge in [0.25, 0.3) is 0 Å². The predicted molar refractivity (Wildman–Crippen MR) is 70.6 cm³/mol. The molecule has 1 heterocycles. The molecule has 102 valence electrons. The van der Waals surface area contributed by atoms with E-state index >= 15 is 0 Å². The molecule has 2 saturated carbocycles. The van der Waals surface area contributed by atoms with Gasteiger partial charge in [-0.25, -0.2) is 9.78 Å². The number of pyridine rings is 1. The minimum atomic E-state index is -0.979. The van der Waals surface area contributed by atoms with Gasteiger partial charge in [0.2, 0.25) is 0 Å². The molecule has 0 aromatic carbocycles. The summed E-state index contributed by atoms with van der Waals surface area (Å²) in [6.45, 7) is 0. The molecule has 0 amide bonds. The Balaban J connectivity index is 1.77. The third-order valence-corrected chi connectivity index (χ3v) is 3.95. The predicted octanol–water partition coefficient (Wildman–Crippen LogP) is 2.25. The molecule has 2 N–H and O–H groups in total. The third kappa shape index (κ3) is 2.56. The second kappa shape index (κ2) is 4.81. The van der Waals surface area contributed by atoms with Crippen molar-refractivity contribution in [3.05, 3.63) is 23.5 Å². The summed E-state index contributed by atoms with van der Waals surface area (Å²) < 4.78 is 5.23. The number of nitrogens with one attached hydrogen (secondary N) is 1. The summed E-state index contributed by atoms with van der Waals surface area (Å²) in [4.78, 5) is 15.3. The molecule has 2 aliphatic rings. The maximum atomic E-state index is 11.2. The highest BCUT2D eigenvalue weighted by Gasteiger charge is 2.31. The molecule has 0 aliphatic heterocycles. The molecule has 3 rings (SSSR count). The molecular formula is C14H18N2O3. The van der Waals surface area contributed by atoms with Gasteiger partial charge in [0.1, 0.15) is 0 Å². The van der Waals surface area contributed by atoms with Crippen LogP contribution in [0.25, 0.3) is 0 Å². The molecule has 0 atom stereocenters. The Morgan fingerprint density at radius 1 is 1.47 bits per heavy atom. The van der Waals surface area contributed by atoms with E-state index in [1.807, 2.05) is 6.07 Å². The Morgan fingerprint density at radius 3 is 2.79 bits per heavy atom. The summed E-state index contributed by atoms with van der Waals surface area (Å²) in [5, 5.41) is 12.5. The normalized spacial score (nSPS) is 25.7. The molecule has 0 radical (unpaired) electrons.